The summed E-state index contributed by atoms with van der Waals surface area (Å²) in [6.45, 7) is 5.90. The number of hydrogen-bond donors (Lipinski definition) is 2. The number of para-hydroxylation sites is 1. The standard InChI is InChI=1S/C24H28ClN3O3/c1-3-4-11-24(2,23(29)30)21-15-28(13-12-26-21)22-17-7-5-6-8-19(17)31-20-10-9-16(25)14-18(20)27-22/h5-10,14,21,26H,3-4,11-13,15H2,1-2H3,(H,29,30). The van der Waals surface area contributed by atoms with Crippen LogP contribution < -0.4 is 10.1 Å². The number of benzene rings is 2. The van der Waals surface area contributed by atoms with Crippen molar-refractivity contribution in [3.05, 3.63) is 53.1 Å². The van der Waals surface area contributed by atoms with Crippen LogP contribution in [-0.4, -0.2) is 47.5 Å². The summed E-state index contributed by atoms with van der Waals surface area (Å²) >= 11 is 6.23. The number of hydrogen-bond acceptors (Lipinski definition) is 5. The quantitative estimate of drug-likeness (QED) is 0.676. The zero-order chi connectivity index (χ0) is 22.0. The number of piperazine rings is 1. The molecule has 4 rings (SSSR count). The van der Waals surface area contributed by atoms with Crippen molar-refractivity contribution < 1.29 is 14.6 Å². The number of aliphatic imine (C=N–C) groups is 1. The molecule has 2 N–H and O–H groups in total. The number of carboxylic acid groups (broad SMARTS) is 1. The maximum Gasteiger partial charge on any atom is 0.311 e. The summed E-state index contributed by atoms with van der Waals surface area (Å²) < 4.78 is 6.15. The van der Waals surface area contributed by atoms with Gasteiger partial charge in [-0.15, -0.1) is 0 Å². The Morgan fingerprint density at radius 2 is 2.13 bits per heavy atom. The second kappa shape index (κ2) is 8.89. The predicted molar refractivity (Wildman–Crippen MR) is 123 cm³/mol. The van der Waals surface area contributed by atoms with E-state index in [1.807, 2.05) is 37.3 Å². The number of fused-ring (bicyclic) bond motifs is 2. The Balaban J connectivity index is 1.72. The van der Waals surface area contributed by atoms with Crippen LogP contribution in [0.1, 0.15) is 38.7 Å². The van der Waals surface area contributed by atoms with E-state index in [-0.39, 0.29) is 6.04 Å². The number of aliphatic carboxylic acids is 1. The number of nitrogens with zero attached hydrogens (tertiary/aromatic N) is 2. The van der Waals surface area contributed by atoms with Crippen molar-refractivity contribution in [2.75, 3.05) is 19.6 Å². The highest BCUT2D eigenvalue weighted by atomic mass is 35.5. The molecular formula is C24H28ClN3O3. The van der Waals surface area contributed by atoms with Crippen LogP contribution in [0.15, 0.2) is 47.5 Å². The van der Waals surface area contributed by atoms with Gasteiger partial charge in [0, 0.05) is 30.7 Å². The molecule has 0 aromatic heterocycles. The van der Waals surface area contributed by atoms with Gasteiger partial charge in [0.2, 0.25) is 0 Å². The number of carboxylic acids is 1. The molecule has 1 fully saturated rings. The number of unbranched alkanes of at least 4 members (excludes halogenated alkanes) is 1. The summed E-state index contributed by atoms with van der Waals surface area (Å²) in [7, 11) is 0. The molecular weight excluding hydrogens is 414 g/mol. The van der Waals surface area contributed by atoms with Crippen LogP contribution in [0.5, 0.6) is 11.5 Å². The maximum atomic E-state index is 12.2. The summed E-state index contributed by atoms with van der Waals surface area (Å²) in [4.78, 5) is 19.4. The molecule has 2 heterocycles. The molecule has 0 bridgehead atoms. The molecule has 164 valence electrons. The Hall–Kier alpha value is -2.57. The Kier molecular flexibility index (Phi) is 6.21. The first-order valence-electron chi connectivity index (χ1n) is 10.8. The third-order valence-corrected chi connectivity index (χ3v) is 6.51. The van der Waals surface area contributed by atoms with E-state index in [2.05, 4.69) is 17.1 Å². The third kappa shape index (κ3) is 4.27. The van der Waals surface area contributed by atoms with E-state index in [9.17, 15) is 9.90 Å². The number of ether oxygens (including phenoxy) is 1. The molecule has 1 saturated heterocycles. The van der Waals surface area contributed by atoms with E-state index >= 15 is 0 Å². The SMILES string of the molecule is CCCCC(C)(C(=O)O)C1CN(C2=Nc3cc(Cl)ccc3Oc3ccccc32)CCN1. The second-order valence-electron chi connectivity index (χ2n) is 8.42. The fourth-order valence-electron chi connectivity index (χ4n) is 4.28. The van der Waals surface area contributed by atoms with Crippen LogP contribution in [0, 0.1) is 5.41 Å². The minimum atomic E-state index is -0.850. The molecule has 2 atom stereocenters. The van der Waals surface area contributed by atoms with Gasteiger partial charge < -0.3 is 20.1 Å². The van der Waals surface area contributed by atoms with E-state index in [1.54, 1.807) is 12.1 Å². The topological polar surface area (TPSA) is 74.2 Å². The Labute approximate surface area is 187 Å². The molecule has 31 heavy (non-hydrogen) atoms. The average Bonchev–Trinajstić information content (AvgIpc) is 2.94. The molecule has 2 aromatic carbocycles. The molecule has 0 amide bonds. The van der Waals surface area contributed by atoms with E-state index < -0.39 is 11.4 Å². The van der Waals surface area contributed by atoms with Gasteiger partial charge >= 0.3 is 5.97 Å². The van der Waals surface area contributed by atoms with Gasteiger partial charge in [-0.05, 0) is 43.7 Å². The van der Waals surface area contributed by atoms with Gasteiger partial charge in [-0.3, -0.25) is 4.79 Å². The lowest BCUT2D eigenvalue weighted by atomic mass is 9.77. The minimum absolute atomic E-state index is 0.192. The third-order valence-electron chi connectivity index (χ3n) is 6.28. The highest BCUT2D eigenvalue weighted by Crippen LogP contribution is 2.40. The minimum Gasteiger partial charge on any atom is -0.481 e. The van der Waals surface area contributed by atoms with Crippen LogP contribution in [0.3, 0.4) is 0 Å². The van der Waals surface area contributed by atoms with Crippen molar-refractivity contribution in [3.63, 3.8) is 0 Å². The van der Waals surface area contributed by atoms with Crippen molar-refractivity contribution >= 4 is 29.1 Å². The van der Waals surface area contributed by atoms with Gasteiger partial charge in [0.05, 0.1) is 11.0 Å². The molecule has 7 heteroatoms. The number of amidine groups is 1. The molecule has 6 nitrogen and oxygen atoms in total. The summed E-state index contributed by atoms with van der Waals surface area (Å²) in [5, 5.41) is 14.1. The highest BCUT2D eigenvalue weighted by molar-refractivity contribution is 6.31. The molecule has 2 aliphatic rings. The number of nitrogens with one attached hydrogen (secondary N) is 1. The molecule has 2 aromatic rings. The largest absolute Gasteiger partial charge is 0.481 e. The smallest absolute Gasteiger partial charge is 0.311 e. The maximum absolute atomic E-state index is 12.2. The van der Waals surface area contributed by atoms with Crippen LogP contribution in [0.25, 0.3) is 0 Å². The lowest BCUT2D eigenvalue weighted by Gasteiger charge is -2.43. The van der Waals surface area contributed by atoms with E-state index in [0.29, 0.717) is 36.0 Å². The zero-order valence-corrected chi connectivity index (χ0v) is 18.7. The molecule has 2 unspecified atom stereocenters. The van der Waals surface area contributed by atoms with Gasteiger partial charge in [0.25, 0.3) is 0 Å². The Morgan fingerprint density at radius 1 is 1.32 bits per heavy atom. The molecule has 0 saturated carbocycles. The first-order chi connectivity index (χ1) is 14.9. The second-order valence-corrected chi connectivity index (χ2v) is 8.86. The van der Waals surface area contributed by atoms with E-state index in [4.69, 9.17) is 21.3 Å². The van der Waals surface area contributed by atoms with Gasteiger partial charge in [-0.1, -0.05) is 43.5 Å². The molecule has 0 spiro atoms. The van der Waals surface area contributed by atoms with Crippen molar-refractivity contribution in [2.24, 2.45) is 10.4 Å². The summed E-state index contributed by atoms with van der Waals surface area (Å²) in [6, 6.07) is 13.0. The fourth-order valence-corrected chi connectivity index (χ4v) is 4.45. The van der Waals surface area contributed by atoms with E-state index in [0.717, 1.165) is 36.5 Å². The zero-order valence-electron chi connectivity index (χ0n) is 17.9. The monoisotopic (exact) mass is 441 g/mol. The van der Waals surface area contributed by atoms with Crippen LogP contribution >= 0.6 is 11.6 Å². The van der Waals surface area contributed by atoms with Gasteiger partial charge in [0.1, 0.15) is 17.3 Å². The predicted octanol–water partition coefficient (Wildman–Crippen LogP) is 5.08. The normalized spacial score (nSPS) is 19.9. The van der Waals surface area contributed by atoms with Crippen LogP contribution in [0.4, 0.5) is 5.69 Å². The van der Waals surface area contributed by atoms with Crippen molar-refractivity contribution in [1.29, 1.82) is 0 Å². The highest BCUT2D eigenvalue weighted by Gasteiger charge is 2.43. The van der Waals surface area contributed by atoms with Crippen molar-refractivity contribution in [2.45, 2.75) is 39.2 Å². The number of carbonyl (C=O) groups is 1. The summed E-state index contributed by atoms with van der Waals surface area (Å²) in [5.74, 6) is 1.40. The van der Waals surface area contributed by atoms with E-state index in [1.165, 1.54) is 0 Å². The number of rotatable bonds is 5. The number of halogens is 1. The van der Waals surface area contributed by atoms with Gasteiger partial charge in [-0.2, -0.15) is 0 Å². The van der Waals surface area contributed by atoms with Crippen LogP contribution in [-0.2, 0) is 4.79 Å². The average molecular weight is 442 g/mol. The first-order valence-corrected chi connectivity index (χ1v) is 11.2. The molecule has 0 radical (unpaired) electrons. The Morgan fingerprint density at radius 3 is 2.90 bits per heavy atom. The lowest BCUT2D eigenvalue weighted by molar-refractivity contribution is -0.151. The first kappa shape index (κ1) is 21.7. The Bertz CT molecular complexity index is 1010. The fraction of sp³-hybridized carbons (Fsp3) is 0.417. The van der Waals surface area contributed by atoms with Gasteiger partial charge in [0.15, 0.2) is 5.75 Å². The van der Waals surface area contributed by atoms with Crippen LogP contribution in [0.2, 0.25) is 5.02 Å². The van der Waals surface area contributed by atoms with Crippen molar-refractivity contribution in [3.8, 4) is 11.5 Å². The van der Waals surface area contributed by atoms with Crippen molar-refractivity contribution in [1.82, 2.24) is 10.2 Å². The summed E-state index contributed by atoms with van der Waals surface area (Å²) in [6.07, 6.45) is 2.48. The van der Waals surface area contributed by atoms with Gasteiger partial charge in [-0.25, -0.2) is 4.99 Å². The lowest BCUT2D eigenvalue weighted by Crippen LogP contribution is -2.60. The molecule has 0 aliphatic carbocycles. The summed E-state index contributed by atoms with van der Waals surface area (Å²) in [5.41, 5.74) is 0.707. The molecule has 2 aliphatic heterocycles.